The summed E-state index contributed by atoms with van der Waals surface area (Å²) < 4.78 is 29.7. The lowest BCUT2D eigenvalue weighted by molar-refractivity contribution is -0.0498. The van der Waals surface area contributed by atoms with Gasteiger partial charge in [-0.1, -0.05) is 34.1 Å². The van der Waals surface area contributed by atoms with Crippen LogP contribution >= 0.6 is 15.9 Å². The predicted octanol–water partition coefficient (Wildman–Crippen LogP) is 5.22. The van der Waals surface area contributed by atoms with Crippen LogP contribution in [0.25, 0.3) is 0 Å². The lowest BCUT2D eigenvalue weighted by Gasteiger charge is -2.16. The van der Waals surface area contributed by atoms with E-state index in [0.717, 1.165) is 15.7 Å². The molecule has 0 aliphatic rings. The second kappa shape index (κ2) is 6.70. The van der Waals surface area contributed by atoms with Crippen molar-refractivity contribution in [2.75, 3.05) is 5.32 Å². The van der Waals surface area contributed by atoms with Gasteiger partial charge in [0.25, 0.3) is 0 Å². The monoisotopic (exact) mass is 341 g/mol. The minimum atomic E-state index is -2.81. The smallest absolute Gasteiger partial charge is 0.387 e. The highest BCUT2D eigenvalue weighted by atomic mass is 79.9. The molecule has 5 heteroatoms. The molecule has 0 heterocycles. The van der Waals surface area contributed by atoms with Crippen molar-refractivity contribution in [3.05, 3.63) is 58.6 Å². The van der Waals surface area contributed by atoms with Crippen molar-refractivity contribution in [3.63, 3.8) is 0 Å². The number of halogens is 3. The summed E-state index contributed by atoms with van der Waals surface area (Å²) in [6, 6.07) is 14.5. The number of rotatable bonds is 5. The third-order valence-corrected chi connectivity index (χ3v) is 3.34. The molecule has 0 aliphatic carbocycles. The van der Waals surface area contributed by atoms with Gasteiger partial charge >= 0.3 is 6.61 Å². The summed E-state index contributed by atoms with van der Waals surface area (Å²) in [5.74, 6) is 0.146. The van der Waals surface area contributed by atoms with E-state index in [2.05, 4.69) is 26.0 Å². The van der Waals surface area contributed by atoms with Gasteiger partial charge in [-0.15, -0.1) is 0 Å². The summed E-state index contributed by atoms with van der Waals surface area (Å²) in [5.41, 5.74) is 1.84. The molecule has 2 aromatic rings. The first-order chi connectivity index (χ1) is 9.54. The molecule has 0 bridgehead atoms. The first-order valence-corrected chi connectivity index (χ1v) is 6.91. The Labute approximate surface area is 124 Å². The zero-order valence-electron chi connectivity index (χ0n) is 10.8. The van der Waals surface area contributed by atoms with Gasteiger partial charge in [0, 0.05) is 22.3 Å². The van der Waals surface area contributed by atoms with Crippen LogP contribution in [0.2, 0.25) is 0 Å². The lowest BCUT2D eigenvalue weighted by atomic mass is 10.1. The van der Waals surface area contributed by atoms with Gasteiger partial charge in [-0.2, -0.15) is 8.78 Å². The van der Waals surface area contributed by atoms with Crippen LogP contribution in [-0.2, 0) is 0 Å². The molecule has 0 amide bonds. The predicted molar refractivity (Wildman–Crippen MR) is 79.3 cm³/mol. The maximum Gasteiger partial charge on any atom is 0.387 e. The van der Waals surface area contributed by atoms with Gasteiger partial charge in [-0.25, -0.2) is 0 Å². The van der Waals surface area contributed by atoms with Gasteiger partial charge < -0.3 is 10.1 Å². The van der Waals surface area contributed by atoms with Crippen LogP contribution in [0.3, 0.4) is 0 Å². The van der Waals surface area contributed by atoms with Crippen molar-refractivity contribution in [2.24, 2.45) is 0 Å². The average Bonchev–Trinajstić information content (AvgIpc) is 2.39. The normalized spacial score (nSPS) is 12.2. The molecule has 1 N–H and O–H groups in total. The van der Waals surface area contributed by atoms with E-state index in [1.54, 1.807) is 12.1 Å². The Hall–Kier alpha value is -1.62. The molecule has 1 atom stereocenters. The highest BCUT2D eigenvalue weighted by Gasteiger charge is 2.08. The second-order valence-corrected chi connectivity index (χ2v) is 5.24. The molecule has 0 radical (unpaired) electrons. The second-order valence-electron chi connectivity index (χ2n) is 4.32. The molecule has 2 rings (SSSR count). The van der Waals surface area contributed by atoms with E-state index >= 15 is 0 Å². The number of hydrogen-bond donors (Lipinski definition) is 1. The Morgan fingerprint density at radius 2 is 1.80 bits per heavy atom. The van der Waals surface area contributed by atoms with Crippen LogP contribution in [0.15, 0.2) is 53.0 Å². The first-order valence-electron chi connectivity index (χ1n) is 6.11. The van der Waals surface area contributed by atoms with Crippen LogP contribution in [0, 0.1) is 0 Å². The lowest BCUT2D eigenvalue weighted by Crippen LogP contribution is -2.07. The fraction of sp³-hybridized carbons (Fsp3) is 0.200. The van der Waals surface area contributed by atoms with E-state index in [4.69, 9.17) is 0 Å². The van der Waals surface area contributed by atoms with Crippen molar-refractivity contribution in [3.8, 4) is 5.75 Å². The van der Waals surface area contributed by atoms with Crippen LogP contribution < -0.4 is 10.1 Å². The highest BCUT2D eigenvalue weighted by molar-refractivity contribution is 9.10. The SMILES string of the molecule is CC(Nc1cccc(OC(F)F)c1)c1ccc(Br)cc1. The van der Waals surface area contributed by atoms with Gasteiger partial charge in [0.05, 0.1) is 0 Å². The van der Waals surface area contributed by atoms with E-state index in [0.29, 0.717) is 0 Å². The number of hydrogen-bond acceptors (Lipinski definition) is 2. The molecule has 0 aliphatic heterocycles. The van der Waals surface area contributed by atoms with Crippen molar-refractivity contribution in [1.82, 2.24) is 0 Å². The quantitative estimate of drug-likeness (QED) is 0.804. The Bertz CT molecular complexity index is 560. The van der Waals surface area contributed by atoms with Crippen LogP contribution in [0.4, 0.5) is 14.5 Å². The number of anilines is 1. The maximum absolute atomic E-state index is 12.2. The van der Waals surface area contributed by atoms with E-state index < -0.39 is 6.61 Å². The third-order valence-electron chi connectivity index (χ3n) is 2.81. The summed E-state index contributed by atoms with van der Waals surface area (Å²) in [7, 11) is 0. The standard InChI is InChI=1S/C15H14BrF2NO/c1-10(11-5-7-12(16)8-6-11)19-13-3-2-4-14(9-13)20-15(17)18/h2-10,15,19H,1H3. The Kier molecular flexibility index (Phi) is 4.95. The summed E-state index contributed by atoms with van der Waals surface area (Å²) in [4.78, 5) is 0. The Morgan fingerprint density at radius 3 is 2.45 bits per heavy atom. The molecule has 20 heavy (non-hydrogen) atoms. The largest absolute Gasteiger partial charge is 0.435 e. The van der Waals surface area contributed by atoms with E-state index in [9.17, 15) is 8.78 Å². The molecular weight excluding hydrogens is 328 g/mol. The topological polar surface area (TPSA) is 21.3 Å². The van der Waals surface area contributed by atoms with Crippen LogP contribution in [0.5, 0.6) is 5.75 Å². The fourth-order valence-corrected chi connectivity index (χ4v) is 2.11. The summed E-state index contributed by atoms with van der Waals surface area (Å²) >= 11 is 3.39. The summed E-state index contributed by atoms with van der Waals surface area (Å²) in [6.45, 7) is -0.807. The van der Waals surface area contributed by atoms with Crippen molar-refractivity contribution in [2.45, 2.75) is 19.6 Å². The minimum absolute atomic E-state index is 0.0601. The fourth-order valence-electron chi connectivity index (χ4n) is 1.85. The minimum Gasteiger partial charge on any atom is -0.435 e. The number of nitrogens with one attached hydrogen (secondary N) is 1. The van der Waals surface area contributed by atoms with E-state index in [-0.39, 0.29) is 11.8 Å². The Balaban J connectivity index is 2.07. The Morgan fingerprint density at radius 1 is 1.10 bits per heavy atom. The van der Waals surface area contributed by atoms with Crippen LogP contribution in [-0.4, -0.2) is 6.61 Å². The zero-order chi connectivity index (χ0) is 14.5. The zero-order valence-corrected chi connectivity index (χ0v) is 12.4. The molecule has 2 nitrogen and oxygen atoms in total. The molecule has 1 unspecified atom stereocenters. The van der Waals surface area contributed by atoms with Gasteiger partial charge in [0.1, 0.15) is 5.75 Å². The highest BCUT2D eigenvalue weighted by Crippen LogP contribution is 2.24. The maximum atomic E-state index is 12.2. The van der Waals surface area contributed by atoms with Gasteiger partial charge in [0.15, 0.2) is 0 Å². The third kappa shape index (κ3) is 4.20. The average molecular weight is 342 g/mol. The van der Waals surface area contributed by atoms with Crippen molar-refractivity contribution >= 4 is 21.6 Å². The van der Waals surface area contributed by atoms with Gasteiger partial charge in [-0.3, -0.25) is 0 Å². The van der Waals surface area contributed by atoms with E-state index in [1.165, 1.54) is 6.07 Å². The number of alkyl halides is 2. The van der Waals surface area contributed by atoms with Crippen molar-refractivity contribution < 1.29 is 13.5 Å². The molecule has 0 aromatic heterocycles. The molecule has 0 spiro atoms. The molecule has 106 valence electrons. The molecule has 0 saturated carbocycles. The number of benzene rings is 2. The summed E-state index contributed by atoms with van der Waals surface area (Å²) in [6.07, 6.45) is 0. The van der Waals surface area contributed by atoms with Crippen LogP contribution in [0.1, 0.15) is 18.5 Å². The molecule has 0 saturated heterocycles. The molecular formula is C15H14BrF2NO. The molecule has 2 aromatic carbocycles. The molecule has 0 fully saturated rings. The van der Waals surface area contributed by atoms with Gasteiger partial charge in [0.2, 0.25) is 0 Å². The van der Waals surface area contributed by atoms with Crippen molar-refractivity contribution in [1.29, 1.82) is 0 Å². The van der Waals surface area contributed by atoms with Gasteiger partial charge in [-0.05, 0) is 36.8 Å². The summed E-state index contributed by atoms with van der Waals surface area (Å²) in [5, 5.41) is 3.25. The van der Waals surface area contributed by atoms with E-state index in [1.807, 2.05) is 37.3 Å². The number of ether oxygens (including phenoxy) is 1. The first kappa shape index (κ1) is 14.8.